The van der Waals surface area contributed by atoms with Crippen molar-refractivity contribution in [3.8, 4) is 17.2 Å². The highest BCUT2D eigenvalue weighted by Crippen LogP contribution is 2.32. The van der Waals surface area contributed by atoms with E-state index in [1.54, 1.807) is 50.4 Å². The summed E-state index contributed by atoms with van der Waals surface area (Å²) < 4.78 is 52.7. The number of ether oxygens (including phenoxy) is 1. The molecule has 0 radical (unpaired) electrons. The summed E-state index contributed by atoms with van der Waals surface area (Å²) >= 11 is 0. The summed E-state index contributed by atoms with van der Waals surface area (Å²) in [5.41, 5.74) is 0.976. The van der Waals surface area contributed by atoms with Crippen LogP contribution in [0.25, 0.3) is 11.5 Å². The summed E-state index contributed by atoms with van der Waals surface area (Å²) in [6, 6.07) is 11.0. The normalized spacial score (nSPS) is 17.8. The Morgan fingerprint density at radius 3 is 2.73 bits per heavy atom. The van der Waals surface area contributed by atoms with Crippen LogP contribution in [0.3, 0.4) is 0 Å². The van der Waals surface area contributed by atoms with Crippen LogP contribution >= 0.6 is 0 Å². The van der Waals surface area contributed by atoms with Gasteiger partial charge in [0.25, 0.3) is 5.89 Å². The minimum atomic E-state index is -3.67. The lowest BCUT2D eigenvalue weighted by Gasteiger charge is -2.30. The molecule has 1 aliphatic rings. The van der Waals surface area contributed by atoms with Crippen molar-refractivity contribution in [1.29, 1.82) is 0 Å². The van der Waals surface area contributed by atoms with E-state index in [2.05, 4.69) is 10.2 Å². The average molecular weight is 431 g/mol. The van der Waals surface area contributed by atoms with Gasteiger partial charge < -0.3 is 9.15 Å². The first kappa shape index (κ1) is 20.5. The second-order valence-corrected chi connectivity index (χ2v) is 9.20. The number of benzene rings is 2. The molecule has 0 N–H and O–H groups in total. The van der Waals surface area contributed by atoms with Crippen LogP contribution in [-0.4, -0.2) is 43.1 Å². The Hall–Kier alpha value is -2.78. The molecular weight excluding hydrogens is 409 g/mol. The number of piperidine rings is 1. The summed E-state index contributed by atoms with van der Waals surface area (Å²) in [5.74, 6) is 0.348. The first-order valence-electron chi connectivity index (χ1n) is 9.63. The molecule has 0 spiro atoms. The van der Waals surface area contributed by atoms with Gasteiger partial charge in [-0.05, 0) is 55.7 Å². The summed E-state index contributed by atoms with van der Waals surface area (Å²) in [6.07, 6.45) is 1.38. The highest BCUT2D eigenvalue weighted by atomic mass is 32.2. The predicted octanol–water partition coefficient (Wildman–Crippen LogP) is 3.76. The van der Waals surface area contributed by atoms with E-state index < -0.39 is 15.8 Å². The van der Waals surface area contributed by atoms with Gasteiger partial charge in [0.15, 0.2) is 0 Å². The summed E-state index contributed by atoms with van der Waals surface area (Å²) in [6.45, 7) is 2.45. The molecule has 2 aromatic carbocycles. The van der Waals surface area contributed by atoms with Crippen LogP contribution in [0.4, 0.5) is 4.39 Å². The van der Waals surface area contributed by atoms with Crippen LogP contribution in [0.15, 0.2) is 51.8 Å². The summed E-state index contributed by atoms with van der Waals surface area (Å²) in [4.78, 5) is 0.221. The molecule has 0 aliphatic carbocycles. The van der Waals surface area contributed by atoms with E-state index in [0.29, 0.717) is 31.0 Å². The van der Waals surface area contributed by atoms with Gasteiger partial charge in [-0.15, -0.1) is 10.2 Å². The Morgan fingerprint density at radius 1 is 1.20 bits per heavy atom. The van der Waals surface area contributed by atoms with E-state index in [9.17, 15) is 12.8 Å². The number of rotatable bonds is 5. The molecule has 0 bridgehead atoms. The summed E-state index contributed by atoms with van der Waals surface area (Å²) in [5, 5.41) is 8.02. The van der Waals surface area contributed by atoms with Gasteiger partial charge in [-0.1, -0.05) is 12.1 Å². The Morgan fingerprint density at radius 2 is 2.00 bits per heavy atom. The maximum Gasteiger partial charge on any atom is 0.250 e. The maximum absolute atomic E-state index is 14.0. The van der Waals surface area contributed by atoms with E-state index in [-0.39, 0.29) is 28.8 Å². The van der Waals surface area contributed by atoms with E-state index in [0.717, 1.165) is 5.56 Å². The fourth-order valence-corrected chi connectivity index (χ4v) is 5.28. The van der Waals surface area contributed by atoms with Gasteiger partial charge in [0.05, 0.1) is 23.5 Å². The quantitative estimate of drug-likeness (QED) is 0.611. The number of hydrogen-bond acceptors (Lipinski definition) is 6. The van der Waals surface area contributed by atoms with E-state index >= 15 is 0 Å². The van der Waals surface area contributed by atoms with Crippen molar-refractivity contribution in [3.05, 3.63) is 59.7 Å². The fourth-order valence-electron chi connectivity index (χ4n) is 3.67. The lowest BCUT2D eigenvalue weighted by atomic mass is 10.00. The molecule has 2 heterocycles. The Kier molecular flexibility index (Phi) is 5.57. The van der Waals surface area contributed by atoms with Crippen LogP contribution in [0, 0.1) is 12.7 Å². The lowest BCUT2D eigenvalue weighted by Crippen LogP contribution is -2.39. The Balaban J connectivity index is 1.56. The smallest absolute Gasteiger partial charge is 0.250 e. The van der Waals surface area contributed by atoms with E-state index in [4.69, 9.17) is 9.15 Å². The van der Waals surface area contributed by atoms with Crippen LogP contribution in [-0.2, 0) is 10.0 Å². The average Bonchev–Trinajstić information content (AvgIpc) is 3.24. The Bertz CT molecular complexity index is 1160. The molecular formula is C21H22FN3O4S. The van der Waals surface area contributed by atoms with Gasteiger partial charge in [-0.3, -0.25) is 0 Å². The second kappa shape index (κ2) is 8.16. The minimum Gasteiger partial charge on any atom is -0.496 e. The van der Waals surface area contributed by atoms with Gasteiger partial charge >= 0.3 is 0 Å². The highest BCUT2D eigenvalue weighted by Gasteiger charge is 2.33. The predicted molar refractivity (Wildman–Crippen MR) is 108 cm³/mol. The van der Waals surface area contributed by atoms with Crippen LogP contribution in [0.1, 0.15) is 30.2 Å². The van der Waals surface area contributed by atoms with Gasteiger partial charge in [0, 0.05) is 13.1 Å². The second-order valence-electron chi connectivity index (χ2n) is 7.26. The van der Waals surface area contributed by atoms with Crippen LogP contribution < -0.4 is 4.74 Å². The van der Waals surface area contributed by atoms with Gasteiger partial charge in [0.1, 0.15) is 11.6 Å². The fraction of sp³-hybridized carbons (Fsp3) is 0.333. The van der Waals surface area contributed by atoms with Gasteiger partial charge in [0.2, 0.25) is 15.9 Å². The SMILES string of the molecule is COc1ccc(S(=O)(=O)N2CCC[C@@H](c3nnc(-c4ccccc4F)o3)C2)cc1C. The zero-order chi connectivity index (χ0) is 21.3. The van der Waals surface area contributed by atoms with Crippen molar-refractivity contribution in [2.45, 2.75) is 30.6 Å². The molecule has 4 rings (SSSR count). The number of sulfonamides is 1. The zero-order valence-electron chi connectivity index (χ0n) is 16.7. The molecule has 1 aromatic heterocycles. The monoisotopic (exact) mass is 431 g/mol. The largest absolute Gasteiger partial charge is 0.496 e. The van der Waals surface area contributed by atoms with Gasteiger partial charge in [-0.25, -0.2) is 12.8 Å². The van der Waals surface area contributed by atoms with Crippen molar-refractivity contribution in [3.63, 3.8) is 0 Å². The topological polar surface area (TPSA) is 85.5 Å². The maximum atomic E-state index is 14.0. The molecule has 1 saturated heterocycles. The molecule has 7 nitrogen and oxygen atoms in total. The third kappa shape index (κ3) is 3.82. The van der Waals surface area contributed by atoms with Crippen molar-refractivity contribution in [2.75, 3.05) is 20.2 Å². The molecule has 0 unspecified atom stereocenters. The third-order valence-corrected chi connectivity index (χ3v) is 7.14. The summed E-state index contributed by atoms with van der Waals surface area (Å²) in [7, 11) is -2.13. The van der Waals surface area contributed by atoms with E-state index in [1.165, 1.54) is 10.4 Å². The van der Waals surface area contributed by atoms with E-state index in [1.807, 2.05) is 0 Å². The number of aromatic nitrogens is 2. The van der Waals surface area contributed by atoms with Gasteiger partial charge in [-0.2, -0.15) is 4.31 Å². The lowest BCUT2D eigenvalue weighted by molar-refractivity contribution is 0.286. The number of hydrogen-bond donors (Lipinski definition) is 0. The highest BCUT2D eigenvalue weighted by molar-refractivity contribution is 7.89. The number of methoxy groups -OCH3 is 1. The van der Waals surface area contributed by atoms with Crippen molar-refractivity contribution in [1.82, 2.24) is 14.5 Å². The standard InChI is InChI=1S/C21H22FN3O4S/c1-14-12-16(9-10-19(14)28-2)30(26,27)25-11-5-6-15(13-25)20-23-24-21(29-20)17-7-3-4-8-18(17)22/h3-4,7-10,12,15H,5-6,11,13H2,1-2H3/t15-/m1/s1. The molecule has 3 aromatic rings. The number of nitrogens with zero attached hydrogens (tertiary/aromatic N) is 3. The number of halogens is 1. The third-order valence-electron chi connectivity index (χ3n) is 5.28. The molecule has 1 aliphatic heterocycles. The minimum absolute atomic E-state index is 0.0915. The van der Waals surface area contributed by atoms with Crippen molar-refractivity contribution >= 4 is 10.0 Å². The first-order valence-corrected chi connectivity index (χ1v) is 11.1. The molecule has 9 heteroatoms. The first-order chi connectivity index (χ1) is 14.4. The molecule has 1 fully saturated rings. The van der Waals surface area contributed by atoms with Crippen molar-refractivity contribution in [2.24, 2.45) is 0 Å². The molecule has 158 valence electrons. The van der Waals surface area contributed by atoms with Crippen molar-refractivity contribution < 1.29 is 22.0 Å². The van der Waals surface area contributed by atoms with Crippen LogP contribution in [0.5, 0.6) is 5.75 Å². The van der Waals surface area contributed by atoms with Crippen LogP contribution in [0.2, 0.25) is 0 Å². The molecule has 0 saturated carbocycles. The molecule has 30 heavy (non-hydrogen) atoms. The number of aryl methyl sites for hydroxylation is 1. The Labute approximate surface area is 174 Å². The molecule has 1 atom stereocenters. The molecule has 0 amide bonds. The zero-order valence-corrected chi connectivity index (χ0v) is 17.5.